The van der Waals surface area contributed by atoms with Crippen molar-refractivity contribution >= 4 is 17.5 Å². The highest BCUT2D eigenvalue weighted by Crippen LogP contribution is 2.39. The van der Waals surface area contributed by atoms with Gasteiger partial charge in [-0.2, -0.15) is 0 Å². The number of aliphatic hydroxyl groups is 1. The van der Waals surface area contributed by atoms with E-state index in [4.69, 9.17) is 21.1 Å². The van der Waals surface area contributed by atoms with E-state index >= 15 is 0 Å². The summed E-state index contributed by atoms with van der Waals surface area (Å²) in [6, 6.07) is 7.91. The van der Waals surface area contributed by atoms with Gasteiger partial charge >= 0.3 is 0 Å². The van der Waals surface area contributed by atoms with Crippen molar-refractivity contribution in [2.75, 3.05) is 13.2 Å². The van der Waals surface area contributed by atoms with Crippen molar-refractivity contribution in [1.82, 2.24) is 5.32 Å². The first-order chi connectivity index (χ1) is 13.1. The summed E-state index contributed by atoms with van der Waals surface area (Å²) in [6.45, 7) is 2.52. The zero-order chi connectivity index (χ0) is 19.2. The average Bonchev–Trinajstić information content (AvgIpc) is 2.64. The first kappa shape index (κ1) is 20.2. The largest absolute Gasteiger partial charge is 0.459 e. The van der Waals surface area contributed by atoms with Crippen LogP contribution in [0.4, 0.5) is 0 Å². The second-order valence-electron chi connectivity index (χ2n) is 7.18. The molecule has 1 aliphatic carbocycles. The van der Waals surface area contributed by atoms with E-state index in [-0.39, 0.29) is 30.4 Å². The van der Waals surface area contributed by atoms with Crippen LogP contribution in [-0.2, 0) is 14.3 Å². The second-order valence-corrected chi connectivity index (χ2v) is 7.62. The van der Waals surface area contributed by atoms with Gasteiger partial charge in [-0.25, -0.2) is 0 Å². The van der Waals surface area contributed by atoms with Crippen LogP contribution in [-0.4, -0.2) is 36.6 Å². The van der Waals surface area contributed by atoms with Gasteiger partial charge in [-0.3, -0.25) is 4.79 Å². The molecule has 2 N–H and O–H groups in total. The topological polar surface area (TPSA) is 67.8 Å². The highest BCUT2D eigenvalue weighted by molar-refractivity contribution is 6.30. The number of allylic oxidation sites excluding steroid dienone is 1. The van der Waals surface area contributed by atoms with E-state index < -0.39 is 6.29 Å². The third-order valence-corrected chi connectivity index (χ3v) is 5.58. The maximum atomic E-state index is 12.7. The molecule has 27 heavy (non-hydrogen) atoms. The van der Waals surface area contributed by atoms with Crippen LogP contribution in [0.3, 0.4) is 0 Å². The number of nitrogens with one attached hydrogen (secondary N) is 1. The Labute approximate surface area is 165 Å². The molecule has 0 radical (unpaired) electrons. The van der Waals surface area contributed by atoms with E-state index in [1.54, 1.807) is 0 Å². The summed E-state index contributed by atoms with van der Waals surface area (Å²) in [7, 11) is 0. The van der Waals surface area contributed by atoms with Crippen molar-refractivity contribution in [2.45, 2.75) is 57.3 Å². The van der Waals surface area contributed by atoms with E-state index in [1.807, 2.05) is 37.3 Å². The third kappa shape index (κ3) is 5.03. The van der Waals surface area contributed by atoms with Crippen molar-refractivity contribution in [3.8, 4) is 0 Å². The predicted octanol–water partition coefficient (Wildman–Crippen LogP) is 3.76. The minimum Gasteiger partial charge on any atom is -0.459 e. The standard InChI is InChI=1S/C21H28ClNO4/c1-2-26-21-17(7-4-12-24)18(14-8-10-15(22)11-9-14)13-19(27-21)20(25)23-16-5-3-6-16/h8-11,13,16-18,21,24H,2-7,12H2,1H3,(H,23,25)/t17-,18-,21-/m1/s1. The lowest BCUT2D eigenvalue weighted by molar-refractivity contribution is -0.167. The number of hydrogen-bond acceptors (Lipinski definition) is 4. The van der Waals surface area contributed by atoms with Gasteiger partial charge in [0.1, 0.15) is 0 Å². The number of ether oxygens (including phenoxy) is 2. The first-order valence-electron chi connectivity index (χ1n) is 9.79. The van der Waals surface area contributed by atoms with Gasteiger partial charge in [0.2, 0.25) is 6.29 Å². The minimum absolute atomic E-state index is 0.0125. The van der Waals surface area contributed by atoms with E-state index in [9.17, 15) is 9.90 Å². The van der Waals surface area contributed by atoms with E-state index in [2.05, 4.69) is 5.32 Å². The normalized spacial score (nSPS) is 25.3. The Morgan fingerprint density at radius 2 is 2.07 bits per heavy atom. The Morgan fingerprint density at radius 3 is 2.67 bits per heavy atom. The van der Waals surface area contributed by atoms with Gasteiger partial charge in [-0.05, 0) is 62.8 Å². The van der Waals surface area contributed by atoms with Crippen molar-refractivity contribution in [2.24, 2.45) is 5.92 Å². The molecular formula is C21H28ClNO4. The van der Waals surface area contributed by atoms with Crippen molar-refractivity contribution in [1.29, 1.82) is 0 Å². The molecule has 1 heterocycles. The van der Waals surface area contributed by atoms with Crippen LogP contribution in [0.2, 0.25) is 5.02 Å². The van der Waals surface area contributed by atoms with Gasteiger partial charge in [-0.15, -0.1) is 0 Å². The lowest BCUT2D eigenvalue weighted by Gasteiger charge is -2.37. The van der Waals surface area contributed by atoms with E-state index in [0.29, 0.717) is 23.8 Å². The molecule has 0 unspecified atom stereocenters. The molecule has 1 aromatic carbocycles. The minimum atomic E-state index is -0.519. The highest BCUT2D eigenvalue weighted by atomic mass is 35.5. The lowest BCUT2D eigenvalue weighted by Crippen LogP contribution is -2.43. The quantitative estimate of drug-likeness (QED) is 0.705. The van der Waals surface area contributed by atoms with Gasteiger partial charge in [-0.1, -0.05) is 23.7 Å². The van der Waals surface area contributed by atoms with Crippen LogP contribution in [0.1, 0.15) is 50.5 Å². The molecule has 0 bridgehead atoms. The summed E-state index contributed by atoms with van der Waals surface area (Å²) in [4.78, 5) is 12.7. The van der Waals surface area contributed by atoms with Gasteiger partial charge in [0.15, 0.2) is 5.76 Å². The summed E-state index contributed by atoms with van der Waals surface area (Å²) in [6.07, 6.45) is 5.97. The number of hydrogen-bond donors (Lipinski definition) is 2. The number of halogens is 1. The Bertz CT molecular complexity index is 657. The van der Waals surface area contributed by atoms with Crippen LogP contribution in [0, 0.1) is 5.92 Å². The second kappa shape index (κ2) is 9.58. The monoisotopic (exact) mass is 393 g/mol. The Balaban J connectivity index is 1.88. The number of amides is 1. The highest BCUT2D eigenvalue weighted by Gasteiger charge is 2.38. The summed E-state index contributed by atoms with van der Waals surface area (Å²) < 4.78 is 11.8. The SMILES string of the molecule is CCO[C@@H]1OC(C(=O)NC2CCC2)=C[C@H](c2ccc(Cl)cc2)[C@H]1CCCO. The average molecular weight is 394 g/mol. The fourth-order valence-corrected chi connectivity index (χ4v) is 3.77. The molecule has 6 heteroatoms. The Morgan fingerprint density at radius 1 is 1.33 bits per heavy atom. The van der Waals surface area contributed by atoms with E-state index in [0.717, 1.165) is 31.2 Å². The molecule has 2 aliphatic rings. The smallest absolute Gasteiger partial charge is 0.286 e. The van der Waals surface area contributed by atoms with Crippen LogP contribution in [0.5, 0.6) is 0 Å². The van der Waals surface area contributed by atoms with E-state index in [1.165, 1.54) is 0 Å². The molecule has 1 aromatic rings. The van der Waals surface area contributed by atoms with Crippen molar-refractivity contribution in [3.05, 3.63) is 46.7 Å². The molecule has 148 valence electrons. The summed E-state index contributed by atoms with van der Waals surface area (Å²) in [5.74, 6) is 0.115. The molecule has 1 amide bonds. The van der Waals surface area contributed by atoms with Crippen LogP contribution >= 0.6 is 11.6 Å². The van der Waals surface area contributed by atoms with Gasteiger partial charge in [0, 0.05) is 36.1 Å². The van der Waals surface area contributed by atoms with Crippen LogP contribution in [0.25, 0.3) is 0 Å². The summed E-state index contributed by atoms with van der Waals surface area (Å²) in [5, 5.41) is 13.0. The zero-order valence-corrected chi connectivity index (χ0v) is 16.5. The number of rotatable bonds is 8. The molecular weight excluding hydrogens is 366 g/mol. The molecule has 0 aromatic heterocycles. The van der Waals surface area contributed by atoms with Gasteiger partial charge in [0.25, 0.3) is 5.91 Å². The molecule has 1 aliphatic heterocycles. The molecule has 1 fully saturated rings. The van der Waals surface area contributed by atoms with Gasteiger partial charge in [0.05, 0.1) is 0 Å². The summed E-state index contributed by atoms with van der Waals surface area (Å²) >= 11 is 6.05. The Hall–Kier alpha value is -1.56. The van der Waals surface area contributed by atoms with Crippen molar-refractivity contribution in [3.63, 3.8) is 0 Å². The molecule has 3 rings (SSSR count). The maximum absolute atomic E-state index is 12.7. The number of benzene rings is 1. The Kier molecular flexibility index (Phi) is 7.16. The molecule has 0 saturated heterocycles. The van der Waals surface area contributed by atoms with Crippen molar-refractivity contribution < 1.29 is 19.4 Å². The fourth-order valence-electron chi connectivity index (χ4n) is 3.64. The number of carbonyl (C=O) groups is 1. The molecule has 1 saturated carbocycles. The lowest BCUT2D eigenvalue weighted by atomic mass is 9.80. The third-order valence-electron chi connectivity index (χ3n) is 5.33. The molecule has 5 nitrogen and oxygen atoms in total. The number of aliphatic hydroxyl groups excluding tert-OH is 1. The summed E-state index contributed by atoms with van der Waals surface area (Å²) in [5.41, 5.74) is 1.06. The first-order valence-corrected chi connectivity index (χ1v) is 10.2. The predicted molar refractivity (Wildman–Crippen MR) is 104 cm³/mol. The number of carbonyl (C=O) groups excluding carboxylic acids is 1. The molecule has 3 atom stereocenters. The van der Waals surface area contributed by atoms with Crippen LogP contribution < -0.4 is 5.32 Å². The fraction of sp³-hybridized carbons (Fsp3) is 0.571. The van der Waals surface area contributed by atoms with Gasteiger partial charge < -0.3 is 19.9 Å². The molecule has 0 spiro atoms. The van der Waals surface area contributed by atoms with Crippen LogP contribution in [0.15, 0.2) is 36.1 Å². The maximum Gasteiger partial charge on any atom is 0.286 e. The zero-order valence-electron chi connectivity index (χ0n) is 15.7.